The Balaban J connectivity index is 2.29. The average Bonchev–Trinajstić information content (AvgIpc) is 2.74. The first kappa shape index (κ1) is 11.6. The van der Waals surface area contributed by atoms with E-state index in [0.29, 0.717) is 4.99 Å². The third-order valence-electron chi connectivity index (χ3n) is 2.63. The maximum atomic E-state index is 5.56. The zero-order valence-electron chi connectivity index (χ0n) is 9.79. The van der Waals surface area contributed by atoms with Crippen molar-refractivity contribution >= 4 is 28.8 Å². The maximum absolute atomic E-state index is 5.56. The van der Waals surface area contributed by atoms with E-state index < -0.39 is 0 Å². The number of nitrogens with zero attached hydrogens (tertiary/aromatic N) is 3. The van der Waals surface area contributed by atoms with Gasteiger partial charge in [0.05, 0.1) is 0 Å². The van der Waals surface area contributed by atoms with E-state index in [4.69, 9.17) is 18.0 Å². The second kappa shape index (κ2) is 4.55. The first-order chi connectivity index (χ1) is 8.09. The molecule has 0 radical (unpaired) electrons. The average molecular weight is 246 g/mol. The molecule has 0 saturated heterocycles. The van der Waals surface area contributed by atoms with Crippen molar-refractivity contribution in [2.75, 3.05) is 11.9 Å². The van der Waals surface area contributed by atoms with Gasteiger partial charge in [-0.2, -0.15) is 0 Å². The summed E-state index contributed by atoms with van der Waals surface area (Å²) in [6, 6.07) is 7.78. The van der Waals surface area contributed by atoms with Gasteiger partial charge in [0.15, 0.2) is 0 Å². The SMILES string of the molecule is CN(c1ccc(C(N)=S)cc1)c1nccn1C. The Bertz CT molecular complexity index is 530. The minimum absolute atomic E-state index is 0.413. The van der Waals surface area contributed by atoms with Crippen LogP contribution < -0.4 is 10.6 Å². The van der Waals surface area contributed by atoms with Crippen LogP contribution >= 0.6 is 12.2 Å². The lowest BCUT2D eigenvalue weighted by atomic mass is 10.2. The van der Waals surface area contributed by atoms with Crippen LogP contribution in [0.5, 0.6) is 0 Å². The fourth-order valence-corrected chi connectivity index (χ4v) is 1.78. The molecular weight excluding hydrogens is 232 g/mol. The molecule has 0 fully saturated rings. The molecule has 17 heavy (non-hydrogen) atoms. The number of nitrogens with two attached hydrogens (primary N) is 1. The second-order valence-corrected chi connectivity index (χ2v) is 4.25. The number of benzene rings is 1. The van der Waals surface area contributed by atoms with Crippen molar-refractivity contribution in [3.05, 3.63) is 42.2 Å². The van der Waals surface area contributed by atoms with Gasteiger partial charge in [-0.3, -0.25) is 0 Å². The largest absolute Gasteiger partial charge is 0.389 e. The molecule has 2 N–H and O–H groups in total. The summed E-state index contributed by atoms with van der Waals surface area (Å²) >= 11 is 4.92. The summed E-state index contributed by atoms with van der Waals surface area (Å²) in [7, 11) is 3.93. The van der Waals surface area contributed by atoms with Crippen molar-refractivity contribution in [1.82, 2.24) is 9.55 Å². The maximum Gasteiger partial charge on any atom is 0.209 e. The van der Waals surface area contributed by atoms with Crippen molar-refractivity contribution in [3.8, 4) is 0 Å². The highest BCUT2D eigenvalue weighted by atomic mass is 32.1. The van der Waals surface area contributed by atoms with Crippen molar-refractivity contribution in [3.63, 3.8) is 0 Å². The van der Waals surface area contributed by atoms with Crippen LogP contribution in [0.4, 0.5) is 11.6 Å². The second-order valence-electron chi connectivity index (χ2n) is 3.81. The number of aryl methyl sites for hydroxylation is 1. The number of imidazole rings is 1. The molecule has 0 saturated carbocycles. The Labute approximate surface area is 106 Å². The van der Waals surface area contributed by atoms with Gasteiger partial charge in [-0.05, 0) is 24.3 Å². The third kappa shape index (κ3) is 2.29. The zero-order chi connectivity index (χ0) is 12.4. The van der Waals surface area contributed by atoms with Gasteiger partial charge in [0.2, 0.25) is 5.95 Å². The molecule has 88 valence electrons. The molecule has 5 heteroatoms. The van der Waals surface area contributed by atoms with E-state index in [-0.39, 0.29) is 0 Å². The van der Waals surface area contributed by atoms with E-state index in [9.17, 15) is 0 Å². The van der Waals surface area contributed by atoms with Crippen LogP contribution in [0.1, 0.15) is 5.56 Å². The van der Waals surface area contributed by atoms with Crippen molar-refractivity contribution in [2.45, 2.75) is 0 Å². The highest BCUT2D eigenvalue weighted by Gasteiger charge is 2.08. The lowest BCUT2D eigenvalue weighted by molar-refractivity contribution is 0.884. The van der Waals surface area contributed by atoms with Crippen LogP contribution in [0.25, 0.3) is 0 Å². The number of aromatic nitrogens is 2. The first-order valence-corrected chi connectivity index (χ1v) is 5.61. The van der Waals surface area contributed by atoms with Gasteiger partial charge in [0.25, 0.3) is 0 Å². The molecule has 0 aliphatic heterocycles. The van der Waals surface area contributed by atoms with E-state index >= 15 is 0 Å². The Morgan fingerprint density at radius 2 is 2.00 bits per heavy atom. The first-order valence-electron chi connectivity index (χ1n) is 5.20. The summed E-state index contributed by atoms with van der Waals surface area (Å²) < 4.78 is 1.96. The van der Waals surface area contributed by atoms with E-state index in [0.717, 1.165) is 17.2 Å². The van der Waals surface area contributed by atoms with E-state index in [1.54, 1.807) is 6.20 Å². The van der Waals surface area contributed by atoms with Crippen molar-refractivity contribution < 1.29 is 0 Å². The van der Waals surface area contributed by atoms with Crippen LogP contribution in [0.15, 0.2) is 36.7 Å². The molecule has 0 aliphatic rings. The Morgan fingerprint density at radius 3 is 2.47 bits per heavy atom. The van der Waals surface area contributed by atoms with Gasteiger partial charge in [-0.25, -0.2) is 4.98 Å². The normalized spacial score (nSPS) is 10.2. The fraction of sp³-hybridized carbons (Fsp3) is 0.167. The fourth-order valence-electron chi connectivity index (χ4n) is 1.65. The molecule has 1 aromatic carbocycles. The lowest BCUT2D eigenvalue weighted by Gasteiger charge is -2.18. The molecule has 0 bridgehead atoms. The summed E-state index contributed by atoms with van der Waals surface area (Å²) in [6.07, 6.45) is 3.68. The molecule has 1 heterocycles. The van der Waals surface area contributed by atoms with E-state index in [2.05, 4.69) is 4.98 Å². The molecule has 1 aromatic heterocycles. The van der Waals surface area contributed by atoms with Crippen molar-refractivity contribution in [2.24, 2.45) is 12.8 Å². The Morgan fingerprint density at radius 1 is 1.35 bits per heavy atom. The lowest BCUT2D eigenvalue weighted by Crippen LogP contribution is -2.15. The predicted octanol–water partition coefficient (Wildman–Crippen LogP) is 1.82. The minimum atomic E-state index is 0.413. The van der Waals surface area contributed by atoms with Crippen LogP contribution in [-0.2, 0) is 7.05 Å². The highest BCUT2D eigenvalue weighted by Crippen LogP contribution is 2.21. The number of thiocarbonyl (C=S) groups is 1. The predicted molar refractivity (Wildman–Crippen MR) is 73.6 cm³/mol. The molecular formula is C12H14N4S. The topological polar surface area (TPSA) is 47.1 Å². The molecule has 0 unspecified atom stereocenters. The quantitative estimate of drug-likeness (QED) is 0.839. The van der Waals surface area contributed by atoms with Gasteiger partial charge in [-0.1, -0.05) is 12.2 Å². The zero-order valence-corrected chi connectivity index (χ0v) is 10.6. The molecule has 0 aliphatic carbocycles. The summed E-state index contributed by atoms with van der Waals surface area (Å²) in [4.78, 5) is 6.70. The summed E-state index contributed by atoms with van der Waals surface area (Å²) in [5.41, 5.74) is 7.47. The van der Waals surface area contributed by atoms with Gasteiger partial charge in [-0.15, -0.1) is 0 Å². The van der Waals surface area contributed by atoms with Crippen LogP contribution in [0, 0.1) is 0 Å². The molecule has 2 aromatic rings. The molecule has 0 spiro atoms. The summed E-state index contributed by atoms with van der Waals surface area (Å²) in [5, 5.41) is 0. The van der Waals surface area contributed by atoms with Gasteiger partial charge in [0, 0.05) is 37.7 Å². The molecule has 0 atom stereocenters. The van der Waals surface area contributed by atoms with E-state index in [1.807, 2.05) is 54.0 Å². The number of hydrogen-bond donors (Lipinski definition) is 1. The number of rotatable bonds is 3. The summed E-state index contributed by atoms with van der Waals surface area (Å²) in [5.74, 6) is 0.882. The van der Waals surface area contributed by atoms with Gasteiger partial charge < -0.3 is 15.2 Å². The third-order valence-corrected chi connectivity index (χ3v) is 2.87. The van der Waals surface area contributed by atoms with Crippen LogP contribution in [0.3, 0.4) is 0 Å². The van der Waals surface area contributed by atoms with E-state index in [1.165, 1.54) is 0 Å². The molecule has 4 nitrogen and oxygen atoms in total. The van der Waals surface area contributed by atoms with Gasteiger partial charge >= 0.3 is 0 Å². The summed E-state index contributed by atoms with van der Waals surface area (Å²) in [6.45, 7) is 0. The Hall–Kier alpha value is -1.88. The number of hydrogen-bond acceptors (Lipinski definition) is 3. The van der Waals surface area contributed by atoms with Crippen LogP contribution in [-0.4, -0.2) is 21.6 Å². The minimum Gasteiger partial charge on any atom is -0.389 e. The smallest absolute Gasteiger partial charge is 0.209 e. The standard InChI is InChI=1S/C12H14N4S/c1-15-8-7-14-12(15)16(2)10-5-3-9(4-6-10)11(13)17/h3-8H,1-2H3,(H2,13,17). The monoisotopic (exact) mass is 246 g/mol. The van der Waals surface area contributed by atoms with Crippen LogP contribution in [0.2, 0.25) is 0 Å². The highest BCUT2D eigenvalue weighted by molar-refractivity contribution is 7.80. The van der Waals surface area contributed by atoms with Gasteiger partial charge in [0.1, 0.15) is 4.99 Å². The molecule has 0 amide bonds. The number of anilines is 2. The molecule has 2 rings (SSSR count). The Kier molecular flexibility index (Phi) is 3.10. The van der Waals surface area contributed by atoms with Crippen molar-refractivity contribution in [1.29, 1.82) is 0 Å².